The first kappa shape index (κ1) is 22.2. The van der Waals surface area contributed by atoms with Gasteiger partial charge in [-0.3, -0.25) is 19.8 Å². The zero-order valence-corrected chi connectivity index (χ0v) is 17.5. The van der Waals surface area contributed by atoms with Crippen molar-refractivity contribution in [3.8, 4) is 0 Å². The van der Waals surface area contributed by atoms with Gasteiger partial charge in [-0.15, -0.1) is 0 Å². The maximum Gasteiger partial charge on any atom is 0.319 e. The van der Waals surface area contributed by atoms with E-state index in [0.29, 0.717) is 23.5 Å². The SMILES string of the molecule is Cc1c(NC(=O)CN2CCCCC2CNC(=O)Nc2ccccc2)cccc1[N+](=O)[O-]. The number of anilines is 2. The third-order valence-corrected chi connectivity index (χ3v) is 5.40. The zero-order chi connectivity index (χ0) is 22.2. The third kappa shape index (κ3) is 6.26. The van der Waals surface area contributed by atoms with E-state index < -0.39 is 4.92 Å². The van der Waals surface area contributed by atoms with Crippen LogP contribution in [-0.4, -0.2) is 47.4 Å². The number of benzene rings is 2. The van der Waals surface area contributed by atoms with Crippen LogP contribution in [0.25, 0.3) is 0 Å². The van der Waals surface area contributed by atoms with Crippen molar-refractivity contribution in [1.29, 1.82) is 0 Å². The van der Waals surface area contributed by atoms with Crippen LogP contribution in [0.3, 0.4) is 0 Å². The van der Waals surface area contributed by atoms with Crippen LogP contribution in [-0.2, 0) is 4.79 Å². The van der Waals surface area contributed by atoms with E-state index >= 15 is 0 Å². The molecule has 1 saturated heterocycles. The van der Waals surface area contributed by atoms with E-state index in [1.54, 1.807) is 19.1 Å². The van der Waals surface area contributed by atoms with Crippen LogP contribution < -0.4 is 16.0 Å². The highest BCUT2D eigenvalue weighted by atomic mass is 16.6. The fourth-order valence-electron chi connectivity index (χ4n) is 3.74. The number of nitrogens with zero attached hydrogens (tertiary/aromatic N) is 2. The minimum atomic E-state index is -0.460. The summed E-state index contributed by atoms with van der Waals surface area (Å²) in [7, 11) is 0. The Morgan fingerprint density at radius 1 is 1.10 bits per heavy atom. The molecule has 2 aromatic carbocycles. The first-order valence-electron chi connectivity index (χ1n) is 10.3. The molecule has 3 N–H and O–H groups in total. The van der Waals surface area contributed by atoms with Crippen LogP contribution >= 0.6 is 0 Å². The monoisotopic (exact) mass is 425 g/mol. The van der Waals surface area contributed by atoms with Gasteiger partial charge in [0.05, 0.1) is 22.7 Å². The lowest BCUT2D eigenvalue weighted by molar-refractivity contribution is -0.385. The van der Waals surface area contributed by atoms with Crippen molar-refractivity contribution >= 4 is 29.0 Å². The smallest absolute Gasteiger partial charge is 0.319 e. The van der Waals surface area contributed by atoms with Crippen LogP contribution in [0.2, 0.25) is 0 Å². The van der Waals surface area contributed by atoms with Crippen molar-refractivity contribution in [2.75, 3.05) is 30.3 Å². The Kier molecular flexibility index (Phi) is 7.55. The number of amides is 3. The number of carbonyl (C=O) groups is 2. The average Bonchev–Trinajstić information content (AvgIpc) is 2.75. The Morgan fingerprint density at radius 2 is 1.87 bits per heavy atom. The molecule has 3 rings (SSSR count). The summed E-state index contributed by atoms with van der Waals surface area (Å²) < 4.78 is 0. The molecule has 1 aliphatic rings. The van der Waals surface area contributed by atoms with E-state index in [0.717, 1.165) is 25.8 Å². The lowest BCUT2D eigenvalue weighted by Gasteiger charge is -2.35. The molecule has 0 bridgehead atoms. The normalized spacial score (nSPS) is 16.4. The second kappa shape index (κ2) is 10.5. The fraction of sp³-hybridized carbons (Fsp3) is 0.364. The van der Waals surface area contributed by atoms with Gasteiger partial charge < -0.3 is 16.0 Å². The Bertz CT molecular complexity index is 935. The highest BCUT2D eigenvalue weighted by Crippen LogP contribution is 2.25. The predicted molar refractivity (Wildman–Crippen MR) is 119 cm³/mol. The lowest BCUT2D eigenvalue weighted by atomic mass is 10.0. The Labute approximate surface area is 181 Å². The number of carbonyl (C=O) groups excluding carboxylic acids is 2. The summed E-state index contributed by atoms with van der Waals surface area (Å²) in [6.45, 7) is 2.97. The summed E-state index contributed by atoms with van der Waals surface area (Å²) in [6, 6.07) is 13.6. The van der Waals surface area contributed by atoms with Crippen LogP contribution in [0.4, 0.5) is 21.9 Å². The number of rotatable bonds is 7. The molecule has 0 saturated carbocycles. The Balaban J connectivity index is 1.54. The lowest BCUT2D eigenvalue weighted by Crippen LogP contribution is -2.49. The minimum absolute atomic E-state index is 0.0257. The Morgan fingerprint density at radius 3 is 2.61 bits per heavy atom. The third-order valence-electron chi connectivity index (χ3n) is 5.40. The molecule has 0 aromatic heterocycles. The summed E-state index contributed by atoms with van der Waals surface area (Å²) in [5, 5.41) is 19.6. The second-order valence-corrected chi connectivity index (χ2v) is 7.58. The van der Waals surface area contributed by atoms with Crippen molar-refractivity contribution in [2.45, 2.75) is 32.2 Å². The number of nitrogens with one attached hydrogen (secondary N) is 3. The first-order valence-corrected chi connectivity index (χ1v) is 10.3. The van der Waals surface area contributed by atoms with Gasteiger partial charge in [-0.2, -0.15) is 0 Å². The van der Waals surface area contributed by atoms with Crippen molar-refractivity contribution in [2.24, 2.45) is 0 Å². The first-order chi connectivity index (χ1) is 14.9. The van der Waals surface area contributed by atoms with Gasteiger partial charge in [0.2, 0.25) is 5.91 Å². The van der Waals surface area contributed by atoms with Crippen LogP contribution in [0.1, 0.15) is 24.8 Å². The number of nitro groups is 1. The fourth-order valence-corrected chi connectivity index (χ4v) is 3.74. The molecule has 9 heteroatoms. The standard InChI is InChI=1S/C22H27N5O4/c1-16-19(11-7-12-20(16)27(30)31)25-21(28)15-26-13-6-5-10-18(26)14-23-22(29)24-17-8-3-2-4-9-17/h2-4,7-9,11-12,18H,5-6,10,13-15H2,1H3,(H,25,28)(H2,23,24,29). The largest absolute Gasteiger partial charge is 0.336 e. The van der Waals surface area contributed by atoms with E-state index in [-0.39, 0.29) is 30.2 Å². The van der Waals surface area contributed by atoms with E-state index in [1.807, 2.05) is 35.2 Å². The van der Waals surface area contributed by atoms with Crippen molar-refractivity contribution < 1.29 is 14.5 Å². The molecule has 1 aliphatic heterocycles. The van der Waals surface area contributed by atoms with Crippen LogP contribution in [0.5, 0.6) is 0 Å². The van der Waals surface area contributed by atoms with Gasteiger partial charge in [-0.05, 0) is 44.5 Å². The van der Waals surface area contributed by atoms with E-state index in [9.17, 15) is 19.7 Å². The van der Waals surface area contributed by atoms with Gasteiger partial charge in [0.1, 0.15) is 0 Å². The molecule has 0 spiro atoms. The summed E-state index contributed by atoms with van der Waals surface area (Å²) in [6.07, 6.45) is 2.90. The predicted octanol–water partition coefficient (Wildman–Crippen LogP) is 3.52. The number of likely N-dealkylation sites (tertiary alicyclic amines) is 1. The van der Waals surface area contributed by atoms with Gasteiger partial charge in [0.25, 0.3) is 5.69 Å². The summed E-state index contributed by atoms with van der Waals surface area (Å²) in [5.74, 6) is -0.232. The molecule has 1 heterocycles. The molecule has 3 amide bonds. The van der Waals surface area contributed by atoms with Crippen molar-refractivity contribution in [3.05, 3.63) is 64.2 Å². The summed E-state index contributed by atoms with van der Waals surface area (Å²) in [5.41, 5.74) is 1.55. The molecule has 1 unspecified atom stereocenters. The molecule has 1 atom stereocenters. The van der Waals surface area contributed by atoms with Gasteiger partial charge >= 0.3 is 6.03 Å². The summed E-state index contributed by atoms with van der Waals surface area (Å²) >= 11 is 0. The van der Waals surface area contributed by atoms with Gasteiger partial charge in [0.15, 0.2) is 0 Å². The highest BCUT2D eigenvalue weighted by Gasteiger charge is 2.25. The number of para-hydroxylation sites is 1. The molecule has 164 valence electrons. The molecule has 0 radical (unpaired) electrons. The quantitative estimate of drug-likeness (QED) is 0.464. The van der Waals surface area contributed by atoms with E-state index in [4.69, 9.17) is 0 Å². The Hall–Kier alpha value is -3.46. The van der Waals surface area contributed by atoms with Gasteiger partial charge in [-0.25, -0.2) is 4.79 Å². The van der Waals surface area contributed by atoms with Crippen molar-refractivity contribution in [1.82, 2.24) is 10.2 Å². The molecule has 9 nitrogen and oxygen atoms in total. The average molecular weight is 425 g/mol. The minimum Gasteiger partial charge on any atom is -0.336 e. The maximum atomic E-state index is 12.6. The van der Waals surface area contributed by atoms with E-state index in [1.165, 1.54) is 6.07 Å². The molecule has 1 fully saturated rings. The number of hydrogen-bond acceptors (Lipinski definition) is 5. The van der Waals surface area contributed by atoms with Gasteiger partial charge in [-0.1, -0.05) is 30.7 Å². The summed E-state index contributed by atoms with van der Waals surface area (Å²) in [4.78, 5) is 37.5. The maximum absolute atomic E-state index is 12.6. The highest BCUT2D eigenvalue weighted by molar-refractivity contribution is 5.93. The number of hydrogen-bond donors (Lipinski definition) is 3. The number of nitro benzene ring substituents is 1. The number of piperidine rings is 1. The number of urea groups is 1. The topological polar surface area (TPSA) is 117 Å². The molecule has 0 aliphatic carbocycles. The molecular weight excluding hydrogens is 398 g/mol. The van der Waals surface area contributed by atoms with E-state index in [2.05, 4.69) is 16.0 Å². The van der Waals surface area contributed by atoms with Crippen molar-refractivity contribution in [3.63, 3.8) is 0 Å². The second-order valence-electron chi connectivity index (χ2n) is 7.58. The van der Waals surface area contributed by atoms with Crippen LogP contribution in [0.15, 0.2) is 48.5 Å². The van der Waals surface area contributed by atoms with Gasteiger partial charge in [0, 0.05) is 24.3 Å². The molecule has 2 aromatic rings. The molecular formula is C22H27N5O4. The molecule has 31 heavy (non-hydrogen) atoms. The van der Waals surface area contributed by atoms with Crippen LogP contribution in [0, 0.1) is 17.0 Å². The zero-order valence-electron chi connectivity index (χ0n) is 17.5.